The number of ether oxygens (including phenoxy) is 1. The van der Waals surface area contributed by atoms with Crippen molar-refractivity contribution in [1.82, 2.24) is 15.1 Å². The van der Waals surface area contributed by atoms with Crippen molar-refractivity contribution in [1.29, 1.82) is 0 Å². The van der Waals surface area contributed by atoms with Gasteiger partial charge in [0.05, 0.1) is 5.02 Å². The van der Waals surface area contributed by atoms with Crippen molar-refractivity contribution in [3.8, 4) is 34.3 Å². The van der Waals surface area contributed by atoms with Crippen molar-refractivity contribution in [2.45, 2.75) is 0 Å². The molecule has 0 amide bonds. The van der Waals surface area contributed by atoms with E-state index in [-0.39, 0.29) is 0 Å². The number of nitrogens with one attached hydrogen (secondary N) is 1. The minimum Gasteiger partial charge on any atom is -0.456 e. The summed E-state index contributed by atoms with van der Waals surface area (Å²) in [6.07, 6.45) is 1.90. The van der Waals surface area contributed by atoms with Crippen molar-refractivity contribution in [3.05, 3.63) is 83.0 Å². The Bertz CT molecular complexity index is 1310. The van der Waals surface area contributed by atoms with E-state index in [9.17, 15) is 0 Å². The van der Waals surface area contributed by atoms with Crippen molar-refractivity contribution in [3.63, 3.8) is 0 Å². The van der Waals surface area contributed by atoms with E-state index in [2.05, 4.69) is 15.1 Å². The highest BCUT2D eigenvalue weighted by atomic mass is 35.5. The number of rotatable bonds is 4. The molecule has 29 heavy (non-hydrogen) atoms. The third kappa shape index (κ3) is 3.58. The van der Waals surface area contributed by atoms with Crippen LogP contribution in [0, 0.1) is 0 Å². The average molecular weight is 422 g/mol. The van der Waals surface area contributed by atoms with Crippen LogP contribution in [0.2, 0.25) is 10.0 Å². The summed E-state index contributed by atoms with van der Waals surface area (Å²) in [7, 11) is 0. The van der Waals surface area contributed by atoms with Crippen LogP contribution in [0.25, 0.3) is 33.7 Å². The molecule has 7 heteroatoms. The number of fused-ring (bicyclic) bond motifs is 1. The van der Waals surface area contributed by atoms with E-state index in [1.54, 1.807) is 18.2 Å². The third-order valence-corrected chi connectivity index (χ3v) is 4.99. The topological polar surface area (TPSA) is 63.9 Å². The maximum atomic E-state index is 6.15. The minimum atomic E-state index is 0.435. The highest BCUT2D eigenvalue weighted by molar-refractivity contribution is 6.35. The fraction of sp³-hybridized carbons (Fsp3) is 0. The van der Waals surface area contributed by atoms with Gasteiger partial charge in [0, 0.05) is 33.2 Å². The first-order valence-electron chi connectivity index (χ1n) is 8.80. The number of aromatic nitrogens is 3. The van der Waals surface area contributed by atoms with Gasteiger partial charge >= 0.3 is 0 Å². The summed E-state index contributed by atoms with van der Waals surface area (Å²) in [5.41, 5.74) is 2.75. The lowest BCUT2D eigenvalue weighted by atomic mass is 10.1. The second-order valence-electron chi connectivity index (χ2n) is 6.40. The summed E-state index contributed by atoms with van der Waals surface area (Å²) in [5, 5.41) is 6.20. The minimum absolute atomic E-state index is 0.435. The molecule has 0 saturated carbocycles. The molecule has 0 saturated heterocycles. The Morgan fingerprint density at radius 1 is 0.862 bits per heavy atom. The maximum Gasteiger partial charge on any atom is 0.258 e. The van der Waals surface area contributed by atoms with Crippen LogP contribution < -0.4 is 4.74 Å². The Labute approximate surface area is 175 Å². The quantitative estimate of drug-likeness (QED) is 0.339. The van der Waals surface area contributed by atoms with Gasteiger partial charge in [0.1, 0.15) is 11.5 Å². The number of halogens is 2. The maximum absolute atomic E-state index is 6.15. The van der Waals surface area contributed by atoms with E-state index in [4.69, 9.17) is 32.5 Å². The van der Waals surface area contributed by atoms with Gasteiger partial charge in [-0.25, -0.2) is 0 Å². The van der Waals surface area contributed by atoms with Gasteiger partial charge in [-0.3, -0.25) is 0 Å². The van der Waals surface area contributed by atoms with Crippen LogP contribution in [-0.4, -0.2) is 15.1 Å². The first-order valence-corrected chi connectivity index (χ1v) is 9.56. The molecule has 0 fully saturated rings. The van der Waals surface area contributed by atoms with Gasteiger partial charge in [-0.15, -0.1) is 0 Å². The number of aromatic amines is 1. The molecule has 1 N–H and O–H groups in total. The standard InChI is InChI=1S/C22H13Cl2N3O2/c23-16-4-8-20(18(24)12-16)28-17-5-1-13(2-6-17)22-26-21(27-29-22)15-3-7-19-14(11-15)9-10-25-19/h1-12,25H. The van der Waals surface area contributed by atoms with Crippen LogP contribution in [0.4, 0.5) is 0 Å². The van der Waals surface area contributed by atoms with E-state index in [0.29, 0.717) is 33.3 Å². The Balaban J connectivity index is 1.37. The van der Waals surface area contributed by atoms with E-state index in [1.165, 1.54) is 0 Å². The molecule has 0 radical (unpaired) electrons. The van der Waals surface area contributed by atoms with Crippen LogP contribution in [0.5, 0.6) is 11.5 Å². The predicted octanol–water partition coefficient (Wildman–Crippen LogP) is 6.98. The first kappa shape index (κ1) is 17.8. The Hall–Kier alpha value is -3.28. The Kier molecular flexibility index (Phi) is 4.46. The lowest BCUT2D eigenvalue weighted by molar-refractivity contribution is 0.432. The molecule has 5 aromatic rings. The summed E-state index contributed by atoms with van der Waals surface area (Å²) < 4.78 is 11.2. The smallest absolute Gasteiger partial charge is 0.258 e. The zero-order chi connectivity index (χ0) is 19.8. The largest absolute Gasteiger partial charge is 0.456 e. The van der Waals surface area contributed by atoms with Crippen molar-refractivity contribution < 1.29 is 9.26 Å². The lowest BCUT2D eigenvalue weighted by Gasteiger charge is -2.07. The molecule has 5 rings (SSSR count). The molecular weight excluding hydrogens is 409 g/mol. The fourth-order valence-corrected chi connectivity index (χ4v) is 3.45. The molecule has 0 aliphatic rings. The van der Waals surface area contributed by atoms with Gasteiger partial charge < -0.3 is 14.2 Å². The summed E-state index contributed by atoms with van der Waals surface area (Å²) >= 11 is 12.1. The number of hydrogen-bond acceptors (Lipinski definition) is 4. The van der Waals surface area contributed by atoms with Gasteiger partial charge in [-0.05, 0) is 66.7 Å². The monoisotopic (exact) mass is 421 g/mol. The van der Waals surface area contributed by atoms with E-state index >= 15 is 0 Å². The summed E-state index contributed by atoms with van der Waals surface area (Å²) in [6.45, 7) is 0. The fourth-order valence-electron chi connectivity index (χ4n) is 3.00. The highest BCUT2D eigenvalue weighted by Gasteiger charge is 2.12. The van der Waals surface area contributed by atoms with Crippen LogP contribution >= 0.6 is 23.2 Å². The van der Waals surface area contributed by atoms with E-state index in [0.717, 1.165) is 22.0 Å². The molecule has 0 aliphatic carbocycles. The number of hydrogen-bond donors (Lipinski definition) is 1. The number of benzene rings is 3. The van der Waals surface area contributed by atoms with E-state index in [1.807, 2.05) is 54.7 Å². The molecule has 0 unspecified atom stereocenters. The molecule has 0 atom stereocenters. The zero-order valence-corrected chi connectivity index (χ0v) is 16.4. The zero-order valence-electron chi connectivity index (χ0n) is 14.9. The van der Waals surface area contributed by atoms with Crippen LogP contribution in [-0.2, 0) is 0 Å². The van der Waals surface area contributed by atoms with Gasteiger partial charge in [0.15, 0.2) is 0 Å². The third-order valence-electron chi connectivity index (χ3n) is 4.46. The lowest BCUT2D eigenvalue weighted by Crippen LogP contribution is -1.86. The van der Waals surface area contributed by atoms with Crippen LogP contribution in [0.3, 0.4) is 0 Å². The second kappa shape index (κ2) is 7.28. The van der Waals surface area contributed by atoms with Crippen LogP contribution in [0.1, 0.15) is 0 Å². The average Bonchev–Trinajstić information content (AvgIpc) is 3.39. The summed E-state index contributed by atoms with van der Waals surface area (Å²) in [6, 6.07) is 20.4. The SMILES string of the molecule is Clc1ccc(Oc2ccc(-c3nc(-c4ccc5[nH]ccc5c4)no3)cc2)c(Cl)c1. The molecule has 142 valence electrons. The molecule has 5 nitrogen and oxygen atoms in total. The first-order chi connectivity index (χ1) is 14.2. The molecule has 3 aromatic carbocycles. The van der Waals surface area contributed by atoms with Gasteiger partial charge in [-0.2, -0.15) is 4.98 Å². The van der Waals surface area contributed by atoms with E-state index < -0.39 is 0 Å². The molecule has 0 spiro atoms. The van der Waals surface area contributed by atoms with Gasteiger partial charge in [-0.1, -0.05) is 28.4 Å². The molecule has 0 bridgehead atoms. The highest BCUT2D eigenvalue weighted by Crippen LogP contribution is 2.32. The predicted molar refractivity (Wildman–Crippen MR) is 114 cm³/mol. The summed E-state index contributed by atoms with van der Waals surface area (Å²) in [5.74, 6) is 2.14. The summed E-state index contributed by atoms with van der Waals surface area (Å²) in [4.78, 5) is 7.68. The second-order valence-corrected chi connectivity index (χ2v) is 7.25. The molecule has 0 aliphatic heterocycles. The van der Waals surface area contributed by atoms with Crippen molar-refractivity contribution >= 4 is 34.1 Å². The van der Waals surface area contributed by atoms with Crippen LogP contribution in [0.15, 0.2) is 77.4 Å². The Morgan fingerprint density at radius 3 is 2.52 bits per heavy atom. The molecule has 2 heterocycles. The van der Waals surface area contributed by atoms with Gasteiger partial charge in [0.25, 0.3) is 5.89 Å². The number of nitrogens with zero attached hydrogens (tertiary/aromatic N) is 2. The van der Waals surface area contributed by atoms with Gasteiger partial charge in [0.2, 0.25) is 5.82 Å². The molecular formula is C22H13Cl2N3O2. The number of H-pyrrole nitrogens is 1. The Morgan fingerprint density at radius 2 is 1.69 bits per heavy atom. The molecule has 2 aromatic heterocycles. The van der Waals surface area contributed by atoms with Crippen molar-refractivity contribution in [2.75, 3.05) is 0 Å². The van der Waals surface area contributed by atoms with Crippen molar-refractivity contribution in [2.24, 2.45) is 0 Å². The normalized spacial score (nSPS) is 11.1.